The smallest absolute Gasteiger partial charge is 0.306 e. The number of hydrogen-bond acceptors (Lipinski definition) is 6. The largest absolute Gasteiger partial charge is 0.462 e. The molecule has 362 valence electrons. The molecule has 0 aliphatic heterocycles. The van der Waals surface area contributed by atoms with Crippen molar-refractivity contribution < 1.29 is 28.6 Å². The van der Waals surface area contributed by atoms with E-state index in [0.717, 1.165) is 57.8 Å². The molecule has 1 atom stereocenters. The molecule has 0 saturated carbocycles. The molecule has 6 nitrogen and oxygen atoms in total. The number of rotatable bonds is 45. The lowest BCUT2D eigenvalue weighted by molar-refractivity contribution is -0.167. The van der Waals surface area contributed by atoms with Gasteiger partial charge in [-0.05, 0) is 70.6 Å². The van der Waals surface area contributed by atoms with Crippen LogP contribution in [0.3, 0.4) is 0 Å². The van der Waals surface area contributed by atoms with Crippen LogP contribution in [-0.4, -0.2) is 37.2 Å². The van der Waals surface area contributed by atoms with Crippen molar-refractivity contribution in [2.75, 3.05) is 13.2 Å². The number of carbonyl (C=O) groups is 3. The van der Waals surface area contributed by atoms with Crippen LogP contribution < -0.4 is 0 Å². The lowest BCUT2D eigenvalue weighted by Gasteiger charge is -2.18. The molecule has 0 N–H and O–H groups in total. The molecule has 6 heteroatoms. The first kappa shape index (κ1) is 60.1. The first-order valence-electron chi connectivity index (χ1n) is 26.0. The fourth-order valence-corrected chi connectivity index (χ4v) is 6.76. The van der Waals surface area contributed by atoms with E-state index in [1.54, 1.807) is 0 Å². The van der Waals surface area contributed by atoms with Crippen LogP contribution in [-0.2, 0) is 28.6 Å². The van der Waals surface area contributed by atoms with Crippen LogP contribution in [0.1, 0.15) is 220 Å². The average molecular weight is 887 g/mol. The Hall–Kier alpha value is -3.93. The quantitative estimate of drug-likeness (QED) is 0.0199. The minimum atomic E-state index is -0.828. The number of unbranched alkanes of at least 4 members (excludes halogenated alkanes) is 20. The standard InChI is InChI=1S/C58H94O6/c1-4-7-10-13-16-19-22-25-27-29-31-33-36-39-42-45-48-51-57(60)63-54-55(53-62-56(59)50-47-44-41-38-35-32-24-21-18-15-12-9-6-3)64-58(61)52-49-46-43-40-37-34-30-28-26-23-20-17-14-11-8-5-2/h9,12,15-16,18-19,21,24-25,27,31-33,35,38-39,41-42,55H,4-8,10-11,13-14,17,20,22-23,26,28-30,34,36-37,40,43-54H2,1-3H3/b12-9+,18-15+,19-16+,24-21+,27-25+,33-31+,35-32+,41-38+,42-39+. The van der Waals surface area contributed by atoms with Crippen molar-refractivity contribution in [2.24, 2.45) is 0 Å². The summed E-state index contributed by atoms with van der Waals surface area (Å²) in [4.78, 5) is 37.9. The summed E-state index contributed by atoms with van der Waals surface area (Å²) < 4.78 is 16.7. The van der Waals surface area contributed by atoms with Gasteiger partial charge in [-0.1, -0.05) is 239 Å². The molecule has 0 aromatic heterocycles. The highest BCUT2D eigenvalue weighted by molar-refractivity contribution is 5.71. The van der Waals surface area contributed by atoms with Crippen LogP contribution in [0.2, 0.25) is 0 Å². The molecule has 0 aromatic rings. The van der Waals surface area contributed by atoms with E-state index in [2.05, 4.69) is 75.5 Å². The van der Waals surface area contributed by atoms with Crippen LogP contribution in [0.25, 0.3) is 0 Å². The van der Waals surface area contributed by atoms with E-state index in [1.165, 1.54) is 109 Å². The molecule has 0 radical (unpaired) electrons. The second kappa shape index (κ2) is 51.7. The third-order valence-corrected chi connectivity index (χ3v) is 10.6. The van der Waals surface area contributed by atoms with Crippen molar-refractivity contribution >= 4 is 17.9 Å². The highest BCUT2D eigenvalue weighted by atomic mass is 16.6. The lowest BCUT2D eigenvalue weighted by Crippen LogP contribution is -2.30. The maximum Gasteiger partial charge on any atom is 0.306 e. The minimum absolute atomic E-state index is 0.129. The minimum Gasteiger partial charge on any atom is -0.462 e. The van der Waals surface area contributed by atoms with Gasteiger partial charge >= 0.3 is 17.9 Å². The van der Waals surface area contributed by atoms with Crippen molar-refractivity contribution in [3.8, 4) is 0 Å². The van der Waals surface area contributed by atoms with E-state index in [1.807, 2.05) is 54.7 Å². The van der Waals surface area contributed by atoms with Gasteiger partial charge in [-0.15, -0.1) is 0 Å². The van der Waals surface area contributed by atoms with E-state index in [4.69, 9.17) is 14.2 Å². The summed E-state index contributed by atoms with van der Waals surface area (Å²) in [6.07, 6.45) is 69.4. The Morgan fingerprint density at radius 2 is 0.688 bits per heavy atom. The van der Waals surface area contributed by atoms with Crippen molar-refractivity contribution in [1.82, 2.24) is 0 Å². The summed E-state index contributed by atoms with van der Waals surface area (Å²) in [5.41, 5.74) is 0. The van der Waals surface area contributed by atoms with E-state index in [0.29, 0.717) is 19.3 Å². The van der Waals surface area contributed by atoms with Gasteiger partial charge in [0.25, 0.3) is 0 Å². The Balaban J connectivity index is 4.56. The van der Waals surface area contributed by atoms with Gasteiger partial charge in [0.15, 0.2) is 6.10 Å². The van der Waals surface area contributed by atoms with Crippen molar-refractivity contribution in [1.29, 1.82) is 0 Å². The lowest BCUT2D eigenvalue weighted by atomic mass is 10.0. The number of hydrogen-bond donors (Lipinski definition) is 0. The summed E-state index contributed by atoms with van der Waals surface area (Å²) in [6, 6.07) is 0. The molecule has 0 saturated heterocycles. The Kier molecular flexibility index (Phi) is 48.5. The maximum atomic E-state index is 12.8. The predicted octanol–water partition coefficient (Wildman–Crippen LogP) is 17.1. The molecule has 1 unspecified atom stereocenters. The van der Waals surface area contributed by atoms with Crippen LogP contribution in [0, 0.1) is 0 Å². The molecule has 0 aromatic carbocycles. The van der Waals surface area contributed by atoms with Gasteiger partial charge in [-0.2, -0.15) is 0 Å². The summed E-state index contributed by atoms with van der Waals surface area (Å²) in [5.74, 6) is -1.06. The number of ether oxygens (including phenoxy) is 3. The van der Waals surface area contributed by atoms with E-state index < -0.39 is 6.10 Å². The molecule has 0 heterocycles. The number of allylic oxidation sites excluding steroid dienone is 18. The molecule has 0 aliphatic rings. The van der Waals surface area contributed by atoms with Crippen LogP contribution in [0.4, 0.5) is 0 Å². The van der Waals surface area contributed by atoms with Crippen molar-refractivity contribution in [2.45, 2.75) is 226 Å². The van der Waals surface area contributed by atoms with Gasteiger partial charge in [0.2, 0.25) is 0 Å². The van der Waals surface area contributed by atoms with Gasteiger partial charge in [-0.25, -0.2) is 0 Å². The molecule has 0 amide bonds. The number of carbonyl (C=O) groups excluding carboxylic acids is 3. The predicted molar refractivity (Wildman–Crippen MR) is 274 cm³/mol. The highest BCUT2D eigenvalue weighted by Gasteiger charge is 2.19. The zero-order valence-electron chi connectivity index (χ0n) is 41.3. The Morgan fingerprint density at radius 3 is 1.14 bits per heavy atom. The van der Waals surface area contributed by atoms with Crippen LogP contribution >= 0.6 is 0 Å². The van der Waals surface area contributed by atoms with Crippen LogP contribution in [0.5, 0.6) is 0 Å². The molecule has 0 aliphatic carbocycles. The van der Waals surface area contributed by atoms with Gasteiger partial charge < -0.3 is 14.2 Å². The van der Waals surface area contributed by atoms with Gasteiger partial charge in [0, 0.05) is 19.3 Å². The Labute approximate surface area is 393 Å². The average Bonchev–Trinajstić information content (AvgIpc) is 3.29. The number of esters is 3. The van der Waals surface area contributed by atoms with Gasteiger partial charge in [0.1, 0.15) is 13.2 Å². The first-order valence-corrected chi connectivity index (χ1v) is 26.0. The van der Waals surface area contributed by atoms with E-state index >= 15 is 0 Å². The Morgan fingerprint density at radius 1 is 0.344 bits per heavy atom. The molecule has 0 fully saturated rings. The second-order valence-electron chi connectivity index (χ2n) is 16.8. The van der Waals surface area contributed by atoms with E-state index in [9.17, 15) is 14.4 Å². The molecule has 0 spiro atoms. The third-order valence-electron chi connectivity index (χ3n) is 10.6. The Bertz CT molecular complexity index is 1340. The van der Waals surface area contributed by atoms with Gasteiger partial charge in [0.05, 0.1) is 0 Å². The SMILES string of the molecule is CC/C=C/C=C/C=C/C=C/C=C/CCCC(=O)OCC(COC(=O)CCC/C=C/C/C=C/C/C=C/C/C=C/CCCCC)OC(=O)CCCCCCCCCCCCCCCCCC. The van der Waals surface area contributed by atoms with Crippen molar-refractivity contribution in [3.63, 3.8) is 0 Å². The third kappa shape index (κ3) is 49.1. The maximum absolute atomic E-state index is 12.8. The molecular formula is C58H94O6. The van der Waals surface area contributed by atoms with Crippen molar-refractivity contribution in [3.05, 3.63) is 109 Å². The zero-order chi connectivity index (χ0) is 46.5. The fourth-order valence-electron chi connectivity index (χ4n) is 6.76. The summed E-state index contributed by atoms with van der Waals surface area (Å²) in [7, 11) is 0. The normalized spacial score (nSPS) is 13.0. The second-order valence-corrected chi connectivity index (χ2v) is 16.8. The molecule has 64 heavy (non-hydrogen) atoms. The van der Waals surface area contributed by atoms with E-state index in [-0.39, 0.29) is 44.0 Å². The summed E-state index contributed by atoms with van der Waals surface area (Å²) in [6.45, 7) is 6.35. The fraction of sp³-hybridized carbons (Fsp3) is 0.638. The van der Waals surface area contributed by atoms with Crippen LogP contribution in [0.15, 0.2) is 109 Å². The zero-order valence-corrected chi connectivity index (χ0v) is 41.3. The molecule has 0 bridgehead atoms. The highest BCUT2D eigenvalue weighted by Crippen LogP contribution is 2.15. The monoisotopic (exact) mass is 887 g/mol. The topological polar surface area (TPSA) is 78.9 Å². The molecular weight excluding hydrogens is 793 g/mol. The summed E-state index contributed by atoms with van der Waals surface area (Å²) >= 11 is 0. The van der Waals surface area contributed by atoms with Gasteiger partial charge in [-0.3, -0.25) is 14.4 Å². The summed E-state index contributed by atoms with van der Waals surface area (Å²) in [5, 5.41) is 0. The first-order chi connectivity index (χ1) is 31.5. The molecule has 0 rings (SSSR count).